The lowest BCUT2D eigenvalue weighted by Crippen LogP contribution is -2.29. The lowest BCUT2D eigenvalue weighted by atomic mass is 10.0. The summed E-state index contributed by atoms with van der Waals surface area (Å²) < 4.78 is 33.4. The van der Waals surface area contributed by atoms with Gasteiger partial charge in [0, 0.05) is 13.0 Å². The maximum Gasteiger partial charge on any atom is 0.472 e. The normalized spacial score (nSPS) is 14.4. The molecule has 3 atom stereocenters. The lowest BCUT2D eigenvalue weighted by Gasteiger charge is -2.20. The minimum Gasteiger partial charge on any atom is -0.457 e. The Morgan fingerprint density at radius 3 is 1.48 bits per heavy atom. The van der Waals surface area contributed by atoms with Crippen LogP contribution in [0.5, 0.6) is 0 Å². The van der Waals surface area contributed by atoms with Crippen molar-refractivity contribution in [1.29, 1.82) is 0 Å². The third-order valence-corrected chi connectivity index (χ3v) is 11.0. The van der Waals surface area contributed by atoms with E-state index in [-0.39, 0.29) is 25.6 Å². The van der Waals surface area contributed by atoms with Gasteiger partial charge in [0.15, 0.2) is 0 Å². The highest BCUT2D eigenvalue weighted by molar-refractivity contribution is 7.47. The summed E-state index contributed by atoms with van der Waals surface area (Å²) in [6, 6.07) is 0. The van der Waals surface area contributed by atoms with Gasteiger partial charge in [-0.25, -0.2) is 4.57 Å². The molecule has 9 nitrogen and oxygen atoms in total. The zero-order valence-electron chi connectivity index (χ0n) is 37.3. The number of ether oxygens (including phenoxy) is 2. The third kappa shape index (κ3) is 44.0. The van der Waals surface area contributed by atoms with Gasteiger partial charge in [-0.3, -0.25) is 13.8 Å². The summed E-state index contributed by atoms with van der Waals surface area (Å²) in [6.07, 6.45) is 50.7. The number of unbranched alkanes of at least 4 members (excludes halogenated alkanes) is 23. The minimum atomic E-state index is -4.53. The van der Waals surface area contributed by atoms with Crippen LogP contribution in [0.3, 0.4) is 0 Å². The second-order valence-corrected chi connectivity index (χ2v) is 17.2. The average Bonchev–Trinajstić information content (AvgIpc) is 3.21. The zero-order chi connectivity index (χ0) is 42.5. The molecule has 0 saturated heterocycles. The van der Waals surface area contributed by atoms with Gasteiger partial charge in [-0.05, 0) is 51.4 Å². The maximum absolute atomic E-state index is 12.7. The zero-order valence-corrected chi connectivity index (χ0v) is 38.2. The Morgan fingerprint density at radius 1 is 0.552 bits per heavy atom. The molecule has 0 aliphatic carbocycles. The van der Waals surface area contributed by atoms with Crippen LogP contribution in [0, 0.1) is 0 Å². The lowest BCUT2D eigenvalue weighted by molar-refractivity contribution is -0.154. The number of aliphatic hydroxyl groups excluding tert-OH is 2. The largest absolute Gasteiger partial charge is 0.472 e. The van der Waals surface area contributed by atoms with Crippen LogP contribution in [0.4, 0.5) is 0 Å². The van der Waals surface area contributed by atoms with E-state index in [4.69, 9.17) is 23.6 Å². The Bertz CT molecular complexity index is 1040. The number of allylic oxidation sites excluding steroid dienone is 8. The molecule has 0 spiro atoms. The molecule has 340 valence electrons. The summed E-state index contributed by atoms with van der Waals surface area (Å²) >= 11 is 0. The molecule has 0 fully saturated rings. The number of carbonyl (C=O) groups is 1. The Kier molecular flexibility index (Phi) is 43.7. The van der Waals surface area contributed by atoms with Crippen molar-refractivity contribution in [2.24, 2.45) is 0 Å². The van der Waals surface area contributed by atoms with Crippen LogP contribution >= 0.6 is 7.82 Å². The molecular formula is C48H89O9P. The van der Waals surface area contributed by atoms with Crippen LogP contribution in [-0.4, -0.2) is 66.3 Å². The minimum absolute atomic E-state index is 0.0377. The van der Waals surface area contributed by atoms with Gasteiger partial charge in [0.2, 0.25) is 0 Å². The summed E-state index contributed by atoms with van der Waals surface area (Å²) in [7, 11) is -4.53. The molecule has 0 heterocycles. The summed E-state index contributed by atoms with van der Waals surface area (Å²) in [5, 5.41) is 18.4. The van der Waals surface area contributed by atoms with E-state index in [2.05, 4.69) is 62.5 Å². The summed E-state index contributed by atoms with van der Waals surface area (Å²) in [4.78, 5) is 22.6. The fraction of sp³-hybridized carbons (Fsp3) is 0.812. The van der Waals surface area contributed by atoms with Crippen LogP contribution in [-0.2, 0) is 27.9 Å². The summed E-state index contributed by atoms with van der Waals surface area (Å²) in [6.45, 7) is 3.39. The van der Waals surface area contributed by atoms with Crippen molar-refractivity contribution >= 4 is 13.8 Å². The molecule has 0 aromatic rings. The molecule has 0 aliphatic rings. The number of hydrogen-bond donors (Lipinski definition) is 3. The Morgan fingerprint density at radius 2 is 0.983 bits per heavy atom. The van der Waals surface area contributed by atoms with E-state index in [0.717, 1.165) is 83.5 Å². The fourth-order valence-corrected chi connectivity index (χ4v) is 7.25. The highest BCUT2D eigenvalue weighted by atomic mass is 31.2. The van der Waals surface area contributed by atoms with E-state index in [1.165, 1.54) is 103 Å². The molecule has 0 saturated carbocycles. The quantitative estimate of drug-likeness (QED) is 0.0237. The molecule has 0 amide bonds. The van der Waals surface area contributed by atoms with Gasteiger partial charge in [0.25, 0.3) is 0 Å². The number of esters is 1. The van der Waals surface area contributed by atoms with Crippen molar-refractivity contribution in [3.63, 3.8) is 0 Å². The van der Waals surface area contributed by atoms with E-state index >= 15 is 0 Å². The van der Waals surface area contributed by atoms with E-state index in [9.17, 15) is 19.4 Å². The molecule has 0 aromatic carbocycles. The van der Waals surface area contributed by atoms with Crippen molar-refractivity contribution in [2.75, 3.05) is 33.0 Å². The monoisotopic (exact) mass is 841 g/mol. The van der Waals surface area contributed by atoms with Gasteiger partial charge in [-0.2, -0.15) is 0 Å². The number of phosphoric acid groups is 1. The molecule has 58 heavy (non-hydrogen) atoms. The SMILES string of the molecule is CC/C=C\C/C=C\C/C=C\C/C=C\CCCCCCCOCC(COP(=O)(O)OCC(O)CO)OC(=O)CCCCCCCCCCCCCCCCCCCCC. The average molecular weight is 841 g/mol. The topological polar surface area (TPSA) is 132 Å². The van der Waals surface area contributed by atoms with Crippen LogP contribution in [0.15, 0.2) is 48.6 Å². The molecule has 0 bridgehead atoms. The van der Waals surface area contributed by atoms with Crippen molar-refractivity contribution in [3.8, 4) is 0 Å². The van der Waals surface area contributed by atoms with Crippen molar-refractivity contribution in [1.82, 2.24) is 0 Å². The van der Waals surface area contributed by atoms with Crippen LogP contribution in [0.2, 0.25) is 0 Å². The van der Waals surface area contributed by atoms with E-state index < -0.39 is 33.2 Å². The molecule has 0 aromatic heterocycles. The highest BCUT2D eigenvalue weighted by Gasteiger charge is 2.26. The molecule has 3 unspecified atom stereocenters. The van der Waals surface area contributed by atoms with Gasteiger partial charge in [0.05, 0.1) is 26.4 Å². The van der Waals surface area contributed by atoms with Gasteiger partial charge in [-0.15, -0.1) is 0 Å². The first-order valence-corrected chi connectivity index (χ1v) is 25.1. The molecule has 3 N–H and O–H groups in total. The number of carbonyl (C=O) groups excluding carboxylic acids is 1. The molecular weight excluding hydrogens is 751 g/mol. The van der Waals surface area contributed by atoms with Gasteiger partial charge < -0.3 is 24.6 Å². The van der Waals surface area contributed by atoms with Gasteiger partial charge in [0.1, 0.15) is 12.2 Å². The second kappa shape index (κ2) is 45.0. The van der Waals surface area contributed by atoms with Crippen molar-refractivity contribution in [2.45, 2.75) is 219 Å². The Labute approximate surface area is 356 Å². The number of rotatable bonds is 45. The summed E-state index contributed by atoms with van der Waals surface area (Å²) in [5.74, 6) is -0.387. The van der Waals surface area contributed by atoms with Crippen LogP contribution in [0.1, 0.15) is 206 Å². The molecule has 0 rings (SSSR count). The van der Waals surface area contributed by atoms with Crippen LogP contribution in [0.25, 0.3) is 0 Å². The predicted molar refractivity (Wildman–Crippen MR) is 242 cm³/mol. The van der Waals surface area contributed by atoms with Crippen LogP contribution < -0.4 is 0 Å². The maximum atomic E-state index is 12.7. The number of aliphatic hydroxyl groups is 2. The predicted octanol–water partition coefficient (Wildman–Crippen LogP) is 13.4. The number of hydrogen-bond acceptors (Lipinski definition) is 8. The van der Waals surface area contributed by atoms with Crippen molar-refractivity contribution < 1.29 is 43.0 Å². The first-order chi connectivity index (χ1) is 28.3. The van der Waals surface area contributed by atoms with E-state index in [0.29, 0.717) is 6.61 Å². The van der Waals surface area contributed by atoms with Gasteiger partial charge >= 0.3 is 13.8 Å². The molecule has 0 aliphatic heterocycles. The van der Waals surface area contributed by atoms with Crippen molar-refractivity contribution in [3.05, 3.63) is 48.6 Å². The van der Waals surface area contributed by atoms with Gasteiger partial charge in [-0.1, -0.05) is 197 Å². The number of phosphoric ester groups is 1. The Balaban J connectivity index is 4.14. The standard InChI is InChI=1S/C48H89O9P/c1-3-5-7-9-11-13-15-17-19-21-23-24-26-28-30-32-34-36-38-40-48(51)57-47(45-56-58(52,53)55-43-46(50)42-49)44-54-41-39-37-35-33-31-29-27-25-22-20-18-16-14-12-10-8-6-4-2/h6,8,12,14,18,20,25,27,46-47,49-50H,3-5,7,9-11,13,15-17,19,21-24,26,28-45H2,1-2H3,(H,52,53)/b8-6-,14-12-,20-18-,27-25-. The Hall–Kier alpha value is -1.58. The van der Waals surface area contributed by atoms with E-state index in [1.54, 1.807) is 0 Å². The highest BCUT2D eigenvalue weighted by Crippen LogP contribution is 2.43. The summed E-state index contributed by atoms with van der Waals surface area (Å²) in [5.41, 5.74) is 0. The first-order valence-electron chi connectivity index (χ1n) is 23.6. The molecule has 10 heteroatoms. The van der Waals surface area contributed by atoms with E-state index in [1.807, 2.05) is 0 Å². The molecule has 0 radical (unpaired) electrons. The second-order valence-electron chi connectivity index (χ2n) is 15.8. The fourth-order valence-electron chi connectivity index (χ4n) is 6.47. The first kappa shape index (κ1) is 56.4. The smallest absolute Gasteiger partial charge is 0.457 e. The third-order valence-electron chi connectivity index (χ3n) is 10.0.